The van der Waals surface area contributed by atoms with E-state index in [0.29, 0.717) is 5.56 Å². The zero-order valence-electron chi connectivity index (χ0n) is 10.7. The predicted molar refractivity (Wildman–Crippen MR) is 74.9 cm³/mol. The van der Waals surface area contributed by atoms with Crippen LogP contribution in [0.4, 0.5) is 0 Å². The maximum Gasteiger partial charge on any atom is 0.240 e. The molecule has 2 N–H and O–H groups in total. The Morgan fingerprint density at radius 2 is 2.00 bits per heavy atom. The summed E-state index contributed by atoms with van der Waals surface area (Å²) >= 11 is 3.26. The van der Waals surface area contributed by atoms with E-state index >= 15 is 0 Å². The van der Waals surface area contributed by atoms with Gasteiger partial charge < -0.3 is 5.11 Å². The summed E-state index contributed by atoms with van der Waals surface area (Å²) in [5, 5.41) is 9.12. The first kappa shape index (κ1) is 15.6. The van der Waals surface area contributed by atoms with Crippen LogP contribution in [-0.4, -0.2) is 26.7 Å². The fourth-order valence-electron chi connectivity index (χ4n) is 1.29. The van der Waals surface area contributed by atoms with Crippen molar-refractivity contribution in [1.29, 1.82) is 0 Å². The number of benzene rings is 1. The zero-order valence-corrected chi connectivity index (χ0v) is 13.1. The molecule has 0 heterocycles. The fourth-order valence-corrected chi connectivity index (χ4v) is 3.31. The largest absolute Gasteiger partial charge is 0.396 e. The summed E-state index contributed by atoms with van der Waals surface area (Å²) in [5.74, 6) is 0. The zero-order chi connectivity index (χ0) is 14.0. The summed E-state index contributed by atoms with van der Waals surface area (Å²) in [5.41, 5.74) is 0.208. The van der Waals surface area contributed by atoms with E-state index in [1.807, 2.05) is 0 Å². The summed E-state index contributed by atoms with van der Waals surface area (Å²) in [6.07, 6.45) is 0. The summed E-state index contributed by atoms with van der Waals surface area (Å²) < 4.78 is 27.6. The van der Waals surface area contributed by atoms with Gasteiger partial charge in [0, 0.05) is 23.0 Å². The average Bonchev–Trinajstić information content (AvgIpc) is 2.30. The van der Waals surface area contributed by atoms with Gasteiger partial charge in [-0.2, -0.15) is 0 Å². The normalized spacial score (nSPS) is 12.7. The van der Waals surface area contributed by atoms with Gasteiger partial charge in [0.25, 0.3) is 0 Å². The van der Waals surface area contributed by atoms with Crippen LogP contribution in [-0.2, 0) is 10.0 Å². The second kappa shape index (κ2) is 5.69. The standard InChI is InChI=1S/C12H18BrNO3S/c1-9-4-5-10(13)6-11(9)18(16,17)14-7-12(2,3)8-15/h4-6,14-15H,7-8H2,1-3H3. The molecule has 0 fully saturated rings. The number of aliphatic hydroxyl groups excluding tert-OH is 1. The molecule has 1 aromatic rings. The Kier molecular flexibility index (Phi) is 4.94. The third-order valence-corrected chi connectivity index (χ3v) is 4.64. The monoisotopic (exact) mass is 335 g/mol. The molecule has 0 saturated heterocycles. The van der Waals surface area contributed by atoms with E-state index in [4.69, 9.17) is 5.11 Å². The van der Waals surface area contributed by atoms with Crippen molar-refractivity contribution < 1.29 is 13.5 Å². The lowest BCUT2D eigenvalue weighted by atomic mass is 9.96. The minimum Gasteiger partial charge on any atom is -0.396 e. The molecule has 0 amide bonds. The molecule has 0 aliphatic heterocycles. The Labute approximate surface area is 117 Å². The highest BCUT2D eigenvalue weighted by Crippen LogP contribution is 2.21. The van der Waals surface area contributed by atoms with Crippen LogP contribution in [0.3, 0.4) is 0 Å². The van der Waals surface area contributed by atoms with Gasteiger partial charge in [-0.25, -0.2) is 13.1 Å². The van der Waals surface area contributed by atoms with Crippen LogP contribution in [0.15, 0.2) is 27.6 Å². The molecule has 1 rings (SSSR count). The van der Waals surface area contributed by atoms with Gasteiger partial charge in [0.1, 0.15) is 0 Å². The number of sulfonamides is 1. The fraction of sp³-hybridized carbons (Fsp3) is 0.500. The van der Waals surface area contributed by atoms with Crippen LogP contribution < -0.4 is 4.72 Å². The van der Waals surface area contributed by atoms with Gasteiger partial charge in [-0.05, 0) is 24.6 Å². The summed E-state index contributed by atoms with van der Waals surface area (Å²) in [6, 6.07) is 5.12. The molecular weight excluding hydrogens is 318 g/mol. The molecule has 0 saturated carbocycles. The van der Waals surface area contributed by atoms with E-state index in [1.165, 1.54) is 0 Å². The average molecular weight is 336 g/mol. The first-order valence-corrected chi connectivity index (χ1v) is 7.82. The van der Waals surface area contributed by atoms with Crippen LogP contribution in [0.1, 0.15) is 19.4 Å². The number of aryl methyl sites for hydroxylation is 1. The van der Waals surface area contributed by atoms with E-state index < -0.39 is 15.4 Å². The van der Waals surface area contributed by atoms with E-state index in [9.17, 15) is 8.42 Å². The van der Waals surface area contributed by atoms with Crippen molar-refractivity contribution in [3.63, 3.8) is 0 Å². The van der Waals surface area contributed by atoms with Gasteiger partial charge in [0.05, 0.1) is 4.90 Å². The van der Waals surface area contributed by atoms with Crippen molar-refractivity contribution in [2.45, 2.75) is 25.7 Å². The first-order chi connectivity index (χ1) is 8.18. The van der Waals surface area contributed by atoms with Crippen molar-refractivity contribution in [2.75, 3.05) is 13.2 Å². The number of aliphatic hydroxyl groups is 1. The summed E-state index contributed by atoms with van der Waals surface area (Å²) in [7, 11) is -3.55. The SMILES string of the molecule is Cc1ccc(Br)cc1S(=O)(=O)NCC(C)(C)CO. The Bertz CT molecular complexity index is 526. The molecule has 102 valence electrons. The number of halogens is 1. The number of hydrogen-bond donors (Lipinski definition) is 2. The van der Waals surface area contributed by atoms with Gasteiger partial charge in [-0.1, -0.05) is 35.8 Å². The molecule has 0 bridgehead atoms. The van der Waals surface area contributed by atoms with Crippen LogP contribution in [0.5, 0.6) is 0 Å². The number of rotatable bonds is 5. The highest BCUT2D eigenvalue weighted by molar-refractivity contribution is 9.10. The molecule has 0 spiro atoms. The van der Waals surface area contributed by atoms with Gasteiger partial charge in [0.2, 0.25) is 10.0 Å². The molecule has 0 aliphatic carbocycles. The van der Waals surface area contributed by atoms with Gasteiger partial charge >= 0.3 is 0 Å². The number of hydrogen-bond acceptors (Lipinski definition) is 3. The van der Waals surface area contributed by atoms with E-state index in [1.54, 1.807) is 39.0 Å². The molecular formula is C12H18BrNO3S. The Morgan fingerprint density at radius 1 is 1.39 bits per heavy atom. The molecule has 0 aromatic heterocycles. The van der Waals surface area contributed by atoms with E-state index in [-0.39, 0.29) is 18.0 Å². The topological polar surface area (TPSA) is 66.4 Å². The molecule has 0 atom stereocenters. The maximum atomic E-state index is 12.2. The lowest BCUT2D eigenvalue weighted by molar-refractivity contribution is 0.163. The van der Waals surface area contributed by atoms with Gasteiger partial charge in [0.15, 0.2) is 0 Å². The minimum absolute atomic E-state index is 0.0764. The molecule has 6 heteroatoms. The second-order valence-corrected chi connectivity index (χ2v) is 7.71. The highest BCUT2D eigenvalue weighted by Gasteiger charge is 2.22. The highest BCUT2D eigenvalue weighted by atomic mass is 79.9. The quantitative estimate of drug-likeness (QED) is 0.865. The first-order valence-electron chi connectivity index (χ1n) is 5.55. The van der Waals surface area contributed by atoms with E-state index in [0.717, 1.165) is 4.47 Å². The van der Waals surface area contributed by atoms with Crippen molar-refractivity contribution in [2.24, 2.45) is 5.41 Å². The molecule has 4 nitrogen and oxygen atoms in total. The lowest BCUT2D eigenvalue weighted by Gasteiger charge is -2.22. The Balaban J connectivity index is 2.97. The van der Waals surface area contributed by atoms with Gasteiger partial charge in [-0.15, -0.1) is 0 Å². The van der Waals surface area contributed by atoms with Crippen molar-refractivity contribution in [3.8, 4) is 0 Å². The Morgan fingerprint density at radius 3 is 2.56 bits per heavy atom. The Hall–Kier alpha value is -0.430. The summed E-state index contributed by atoms with van der Waals surface area (Å²) in [4.78, 5) is 0.255. The second-order valence-electron chi connectivity index (χ2n) is 5.06. The predicted octanol–water partition coefficient (Wildman–Crippen LogP) is 2.05. The molecule has 1 aromatic carbocycles. The number of nitrogens with one attached hydrogen (secondary N) is 1. The third kappa shape index (κ3) is 4.05. The van der Waals surface area contributed by atoms with E-state index in [2.05, 4.69) is 20.7 Å². The van der Waals surface area contributed by atoms with Crippen molar-refractivity contribution in [3.05, 3.63) is 28.2 Å². The lowest BCUT2D eigenvalue weighted by Crippen LogP contribution is -2.36. The van der Waals surface area contributed by atoms with Crippen molar-refractivity contribution >= 4 is 26.0 Å². The maximum absolute atomic E-state index is 12.2. The van der Waals surface area contributed by atoms with Crippen LogP contribution in [0.2, 0.25) is 0 Å². The van der Waals surface area contributed by atoms with Crippen LogP contribution in [0.25, 0.3) is 0 Å². The summed E-state index contributed by atoms with van der Waals surface area (Å²) in [6.45, 7) is 5.45. The van der Waals surface area contributed by atoms with Crippen LogP contribution >= 0.6 is 15.9 Å². The van der Waals surface area contributed by atoms with Crippen molar-refractivity contribution in [1.82, 2.24) is 4.72 Å². The molecule has 18 heavy (non-hydrogen) atoms. The minimum atomic E-state index is -3.55. The van der Waals surface area contributed by atoms with Gasteiger partial charge in [-0.3, -0.25) is 0 Å². The molecule has 0 unspecified atom stereocenters. The smallest absolute Gasteiger partial charge is 0.240 e. The molecule has 0 aliphatic rings. The van der Waals surface area contributed by atoms with Crippen LogP contribution in [0, 0.1) is 12.3 Å². The molecule has 0 radical (unpaired) electrons. The third-order valence-electron chi connectivity index (χ3n) is 2.61.